The molecule has 1 N–H and O–H groups in total. The number of sulfonamides is 1. The molecule has 0 bridgehead atoms. The Bertz CT molecular complexity index is 980. The summed E-state index contributed by atoms with van der Waals surface area (Å²) in [5, 5.41) is 0. The minimum atomic E-state index is -3.85. The number of ether oxygens (including phenoxy) is 1. The zero-order valence-corrected chi connectivity index (χ0v) is 16.6. The second kappa shape index (κ2) is 8.45. The summed E-state index contributed by atoms with van der Waals surface area (Å²) in [5.41, 5.74) is 3.67. The molecule has 2 aromatic carbocycles. The van der Waals surface area contributed by atoms with Crippen molar-refractivity contribution >= 4 is 21.8 Å². The summed E-state index contributed by atoms with van der Waals surface area (Å²) in [5.74, 6) is -1.15. The largest absolute Gasteiger partial charge is 0.456 e. The summed E-state index contributed by atoms with van der Waals surface area (Å²) < 4.78 is 31.8. The molecule has 0 atom stereocenters. The van der Waals surface area contributed by atoms with E-state index in [4.69, 9.17) is 4.74 Å². The van der Waals surface area contributed by atoms with E-state index >= 15 is 0 Å². The molecule has 0 aliphatic heterocycles. The molecule has 2 aromatic rings. The summed E-state index contributed by atoms with van der Waals surface area (Å²) in [4.78, 5) is 24.1. The first-order valence-electron chi connectivity index (χ1n) is 8.43. The molecule has 0 aromatic heterocycles. The van der Waals surface area contributed by atoms with Crippen molar-refractivity contribution in [1.29, 1.82) is 0 Å². The molecule has 0 saturated heterocycles. The summed E-state index contributed by atoms with van der Waals surface area (Å²) in [7, 11) is -3.85. The summed E-state index contributed by atoms with van der Waals surface area (Å²) in [6, 6.07) is 10.4. The number of hydrogen-bond acceptors (Lipinski definition) is 5. The lowest BCUT2D eigenvalue weighted by atomic mass is 10.0. The first-order chi connectivity index (χ1) is 12.6. The van der Waals surface area contributed by atoms with Crippen molar-refractivity contribution < 1.29 is 22.7 Å². The lowest BCUT2D eigenvalue weighted by molar-refractivity contribution is -0.141. The fourth-order valence-electron chi connectivity index (χ4n) is 2.63. The third kappa shape index (κ3) is 5.48. The first-order valence-corrected chi connectivity index (χ1v) is 9.91. The molecule has 0 aliphatic rings. The van der Waals surface area contributed by atoms with E-state index in [-0.39, 0.29) is 10.7 Å². The molecule has 0 heterocycles. The highest BCUT2D eigenvalue weighted by atomic mass is 32.2. The van der Waals surface area contributed by atoms with E-state index in [1.54, 1.807) is 45.0 Å². The fourth-order valence-corrected chi connectivity index (χ4v) is 3.93. The molecule has 0 spiro atoms. The van der Waals surface area contributed by atoms with Gasteiger partial charge in [-0.15, -0.1) is 0 Å². The van der Waals surface area contributed by atoms with Crippen molar-refractivity contribution in [3.05, 3.63) is 64.2 Å². The zero-order valence-electron chi connectivity index (χ0n) is 15.8. The van der Waals surface area contributed by atoms with Crippen LogP contribution in [0.25, 0.3) is 0 Å². The number of aryl methyl sites for hydroxylation is 4. The van der Waals surface area contributed by atoms with Gasteiger partial charge in [0.15, 0.2) is 6.61 Å². The van der Waals surface area contributed by atoms with E-state index in [1.165, 1.54) is 6.07 Å². The third-order valence-electron chi connectivity index (χ3n) is 4.09. The van der Waals surface area contributed by atoms with Gasteiger partial charge < -0.3 is 4.74 Å². The van der Waals surface area contributed by atoms with Gasteiger partial charge in [0.2, 0.25) is 15.8 Å². The van der Waals surface area contributed by atoms with Crippen LogP contribution in [0.4, 0.5) is 0 Å². The van der Waals surface area contributed by atoms with Gasteiger partial charge in [-0.25, -0.2) is 8.42 Å². The number of esters is 1. The Labute approximate surface area is 159 Å². The molecule has 0 unspecified atom stereocenters. The van der Waals surface area contributed by atoms with Gasteiger partial charge in [-0.1, -0.05) is 35.9 Å². The van der Waals surface area contributed by atoms with Crippen molar-refractivity contribution in [3.63, 3.8) is 0 Å². The second-order valence-corrected chi connectivity index (χ2v) is 8.23. The van der Waals surface area contributed by atoms with Gasteiger partial charge in [0, 0.05) is 5.56 Å². The predicted molar refractivity (Wildman–Crippen MR) is 102 cm³/mol. The molecule has 7 heteroatoms. The average Bonchev–Trinajstić information content (AvgIpc) is 2.60. The van der Waals surface area contributed by atoms with Crippen molar-refractivity contribution in [3.8, 4) is 0 Å². The highest BCUT2D eigenvalue weighted by molar-refractivity contribution is 7.89. The quantitative estimate of drug-likeness (QED) is 0.581. The summed E-state index contributed by atoms with van der Waals surface area (Å²) in [6.45, 7) is 6.20. The van der Waals surface area contributed by atoms with E-state index in [9.17, 15) is 18.0 Å². The number of carbonyl (C=O) groups excluding carboxylic acids is 2. The van der Waals surface area contributed by atoms with Crippen molar-refractivity contribution in [2.45, 2.75) is 32.6 Å². The van der Waals surface area contributed by atoms with E-state index < -0.39 is 29.1 Å². The first kappa shape index (κ1) is 20.8. The number of Topliss-reactive ketones (excluding diaryl/α,β-unsaturated/α-hetero) is 1. The molecular formula is C20H23NO5S. The van der Waals surface area contributed by atoms with Crippen LogP contribution in [0.3, 0.4) is 0 Å². The Balaban J connectivity index is 1.94. The van der Waals surface area contributed by atoms with Crippen LogP contribution >= 0.6 is 0 Å². The van der Waals surface area contributed by atoms with Crippen LogP contribution in [0.1, 0.15) is 32.6 Å². The predicted octanol–water partition coefficient (Wildman–Crippen LogP) is 2.62. The number of carbonyl (C=O) groups is 2. The van der Waals surface area contributed by atoms with Crippen LogP contribution in [0.5, 0.6) is 0 Å². The molecule has 6 nitrogen and oxygen atoms in total. The minimum absolute atomic E-state index is 0.113. The fraction of sp³-hybridized carbons (Fsp3) is 0.300. The van der Waals surface area contributed by atoms with Gasteiger partial charge in [0.05, 0.1) is 4.90 Å². The van der Waals surface area contributed by atoms with Crippen LogP contribution in [0.2, 0.25) is 0 Å². The van der Waals surface area contributed by atoms with E-state index in [0.717, 1.165) is 16.7 Å². The maximum absolute atomic E-state index is 12.4. The number of rotatable bonds is 7. The van der Waals surface area contributed by atoms with Crippen molar-refractivity contribution in [2.24, 2.45) is 0 Å². The SMILES string of the molecule is Cc1ccc(C(=O)COC(=O)CNS(=O)(=O)c2cc(C)ccc2C)c(C)c1. The Morgan fingerprint density at radius 1 is 0.926 bits per heavy atom. The molecule has 0 amide bonds. The van der Waals surface area contributed by atoms with Crippen molar-refractivity contribution in [2.75, 3.05) is 13.2 Å². The van der Waals surface area contributed by atoms with Crippen LogP contribution in [-0.2, 0) is 19.6 Å². The van der Waals surface area contributed by atoms with Gasteiger partial charge in [-0.3, -0.25) is 9.59 Å². The number of hydrogen-bond donors (Lipinski definition) is 1. The normalized spacial score (nSPS) is 11.3. The van der Waals surface area contributed by atoms with Gasteiger partial charge in [0.25, 0.3) is 0 Å². The van der Waals surface area contributed by atoms with E-state index in [1.807, 2.05) is 13.0 Å². The molecule has 0 radical (unpaired) electrons. The highest BCUT2D eigenvalue weighted by Gasteiger charge is 2.19. The van der Waals surface area contributed by atoms with E-state index in [0.29, 0.717) is 11.1 Å². The maximum atomic E-state index is 12.4. The molecule has 0 saturated carbocycles. The second-order valence-electron chi connectivity index (χ2n) is 6.50. The molecular weight excluding hydrogens is 366 g/mol. The lowest BCUT2D eigenvalue weighted by Gasteiger charge is -2.10. The summed E-state index contributed by atoms with van der Waals surface area (Å²) in [6.07, 6.45) is 0. The Kier molecular flexibility index (Phi) is 6.51. The molecule has 27 heavy (non-hydrogen) atoms. The smallest absolute Gasteiger partial charge is 0.321 e. The Morgan fingerprint density at radius 3 is 2.22 bits per heavy atom. The topological polar surface area (TPSA) is 89.5 Å². The third-order valence-corrected chi connectivity index (χ3v) is 5.63. The van der Waals surface area contributed by atoms with E-state index in [2.05, 4.69) is 4.72 Å². The summed E-state index contributed by atoms with van der Waals surface area (Å²) >= 11 is 0. The molecule has 0 aliphatic carbocycles. The minimum Gasteiger partial charge on any atom is -0.456 e. The van der Waals surface area contributed by atoms with Crippen LogP contribution in [-0.4, -0.2) is 33.3 Å². The van der Waals surface area contributed by atoms with Gasteiger partial charge >= 0.3 is 5.97 Å². The van der Waals surface area contributed by atoms with Crippen LogP contribution < -0.4 is 4.72 Å². The van der Waals surface area contributed by atoms with Gasteiger partial charge in [0.1, 0.15) is 6.54 Å². The average molecular weight is 389 g/mol. The van der Waals surface area contributed by atoms with Gasteiger partial charge in [-0.2, -0.15) is 4.72 Å². The number of ketones is 1. The van der Waals surface area contributed by atoms with Crippen LogP contribution in [0.15, 0.2) is 41.3 Å². The van der Waals surface area contributed by atoms with Crippen LogP contribution in [0, 0.1) is 27.7 Å². The van der Waals surface area contributed by atoms with Gasteiger partial charge in [-0.05, 0) is 50.5 Å². The molecule has 144 valence electrons. The number of benzene rings is 2. The molecule has 0 fully saturated rings. The number of nitrogens with one attached hydrogen (secondary N) is 1. The lowest BCUT2D eigenvalue weighted by Crippen LogP contribution is -2.32. The highest BCUT2D eigenvalue weighted by Crippen LogP contribution is 2.16. The Hall–Kier alpha value is -2.51. The van der Waals surface area contributed by atoms with Crippen molar-refractivity contribution in [1.82, 2.24) is 4.72 Å². The Morgan fingerprint density at radius 2 is 1.56 bits per heavy atom. The monoisotopic (exact) mass is 389 g/mol. The molecule has 2 rings (SSSR count). The maximum Gasteiger partial charge on any atom is 0.321 e. The zero-order chi connectivity index (χ0) is 20.2. The standard InChI is InChI=1S/C20H23NO5S/c1-13-6-8-17(16(4)9-13)18(22)12-26-20(23)11-21-27(24,25)19-10-14(2)5-7-15(19)3/h5-10,21H,11-12H2,1-4H3.